The molecule has 1 atom stereocenters. The number of halogens is 1. The summed E-state index contributed by atoms with van der Waals surface area (Å²) in [7, 11) is 0. The van der Waals surface area contributed by atoms with Gasteiger partial charge < -0.3 is 20.1 Å². The van der Waals surface area contributed by atoms with Gasteiger partial charge in [-0.05, 0) is 104 Å². The highest BCUT2D eigenvalue weighted by Crippen LogP contribution is 2.55. The molecule has 0 saturated heterocycles. The van der Waals surface area contributed by atoms with Crippen molar-refractivity contribution in [3.05, 3.63) is 95.1 Å². The van der Waals surface area contributed by atoms with Gasteiger partial charge in [0.25, 0.3) is 0 Å². The molecule has 0 bridgehead atoms. The molecule has 1 spiro atoms. The summed E-state index contributed by atoms with van der Waals surface area (Å²) < 4.78 is 6.21. The topological polar surface area (TPSA) is 74.3 Å². The highest BCUT2D eigenvalue weighted by Gasteiger charge is 2.53. The van der Waals surface area contributed by atoms with Gasteiger partial charge in [-0.1, -0.05) is 48.0 Å². The molecular formula is C32H33ClN2O3. The van der Waals surface area contributed by atoms with Crippen LogP contribution in [-0.4, -0.2) is 28.2 Å². The number of fused-ring (bicyclic) bond motifs is 3. The molecule has 0 radical (unpaired) electrons. The van der Waals surface area contributed by atoms with Gasteiger partial charge in [0.1, 0.15) is 11.3 Å². The van der Waals surface area contributed by atoms with Crippen molar-refractivity contribution < 1.29 is 14.6 Å². The molecule has 196 valence electrons. The van der Waals surface area contributed by atoms with Gasteiger partial charge in [-0.3, -0.25) is 0 Å². The number of hydrogen-bond donors (Lipinski definition) is 3. The van der Waals surface area contributed by atoms with Crippen LogP contribution >= 0.6 is 11.6 Å². The maximum Gasteiger partial charge on any atom is 0.329 e. The Hall–Kier alpha value is -3.44. The summed E-state index contributed by atoms with van der Waals surface area (Å²) in [5, 5.41) is 15.4. The summed E-state index contributed by atoms with van der Waals surface area (Å²) in [6.07, 6.45) is 7.85. The molecule has 1 aromatic heterocycles. The van der Waals surface area contributed by atoms with Crippen molar-refractivity contribution in [2.45, 2.75) is 55.9 Å². The molecule has 2 aliphatic rings. The van der Waals surface area contributed by atoms with E-state index >= 15 is 0 Å². The SMILES string of the molecule is O=C(O)C1(Nc2cccc(Cl)c2)CCC2(CC1)c1ccccc1CC2CCCOc1cccc2[nH]ccc12. The summed E-state index contributed by atoms with van der Waals surface area (Å²) in [5.74, 6) is 0.608. The number of aromatic amines is 1. The molecule has 1 unspecified atom stereocenters. The molecule has 0 aliphatic heterocycles. The number of H-pyrrole nitrogens is 1. The average molecular weight is 529 g/mol. The van der Waals surface area contributed by atoms with E-state index in [1.54, 1.807) is 12.1 Å². The van der Waals surface area contributed by atoms with Crippen molar-refractivity contribution in [1.29, 1.82) is 0 Å². The maximum atomic E-state index is 12.6. The number of aromatic nitrogens is 1. The molecule has 38 heavy (non-hydrogen) atoms. The van der Waals surface area contributed by atoms with Crippen molar-refractivity contribution in [2.24, 2.45) is 5.92 Å². The molecule has 6 heteroatoms. The Morgan fingerprint density at radius 1 is 1.03 bits per heavy atom. The van der Waals surface area contributed by atoms with E-state index in [4.69, 9.17) is 16.3 Å². The Bertz CT molecular complexity index is 1450. The molecule has 6 rings (SSSR count). The molecule has 1 saturated carbocycles. The quantitative estimate of drug-likeness (QED) is 0.206. The average Bonchev–Trinajstić information content (AvgIpc) is 3.52. The van der Waals surface area contributed by atoms with Crippen LogP contribution in [0.25, 0.3) is 10.9 Å². The first kappa shape index (κ1) is 24.9. The molecule has 5 nitrogen and oxygen atoms in total. The number of carboxylic acid groups (broad SMARTS) is 1. The zero-order valence-electron chi connectivity index (χ0n) is 21.4. The molecule has 1 fully saturated rings. The smallest absolute Gasteiger partial charge is 0.329 e. The van der Waals surface area contributed by atoms with Crippen molar-refractivity contribution in [3.63, 3.8) is 0 Å². The van der Waals surface area contributed by atoms with Gasteiger partial charge in [-0.25, -0.2) is 4.79 Å². The molecular weight excluding hydrogens is 496 g/mol. The van der Waals surface area contributed by atoms with E-state index in [1.165, 1.54) is 11.1 Å². The van der Waals surface area contributed by atoms with Crippen LogP contribution in [-0.2, 0) is 16.6 Å². The van der Waals surface area contributed by atoms with Gasteiger partial charge in [0.05, 0.1) is 6.61 Å². The number of carboxylic acids is 1. The van der Waals surface area contributed by atoms with E-state index < -0.39 is 11.5 Å². The van der Waals surface area contributed by atoms with E-state index in [0.29, 0.717) is 30.4 Å². The van der Waals surface area contributed by atoms with Gasteiger partial charge in [0.15, 0.2) is 0 Å². The van der Waals surface area contributed by atoms with Crippen molar-refractivity contribution >= 4 is 34.2 Å². The van der Waals surface area contributed by atoms with Crippen LogP contribution in [0.15, 0.2) is 79.0 Å². The van der Waals surface area contributed by atoms with E-state index in [0.717, 1.165) is 54.4 Å². The highest BCUT2D eigenvalue weighted by atomic mass is 35.5. The number of benzene rings is 3. The molecule has 3 N–H and O–H groups in total. The lowest BCUT2D eigenvalue weighted by Gasteiger charge is -2.47. The summed E-state index contributed by atoms with van der Waals surface area (Å²) in [6, 6.07) is 24.3. The van der Waals surface area contributed by atoms with E-state index in [2.05, 4.69) is 46.7 Å². The zero-order valence-corrected chi connectivity index (χ0v) is 22.1. The van der Waals surface area contributed by atoms with Gasteiger partial charge in [-0.2, -0.15) is 0 Å². The molecule has 2 aliphatic carbocycles. The predicted octanol–water partition coefficient (Wildman–Crippen LogP) is 7.60. The van der Waals surface area contributed by atoms with Crippen molar-refractivity contribution in [1.82, 2.24) is 4.98 Å². The number of ether oxygens (including phenoxy) is 1. The van der Waals surface area contributed by atoms with Crippen LogP contribution in [0.1, 0.15) is 49.7 Å². The maximum absolute atomic E-state index is 12.6. The lowest BCUT2D eigenvalue weighted by Crippen LogP contribution is -2.53. The first-order chi connectivity index (χ1) is 18.5. The molecule has 3 aromatic carbocycles. The predicted molar refractivity (Wildman–Crippen MR) is 152 cm³/mol. The lowest BCUT2D eigenvalue weighted by atomic mass is 9.60. The van der Waals surface area contributed by atoms with E-state index in [-0.39, 0.29) is 5.41 Å². The minimum Gasteiger partial charge on any atom is -0.493 e. The lowest BCUT2D eigenvalue weighted by molar-refractivity contribution is -0.144. The summed E-state index contributed by atoms with van der Waals surface area (Å²) in [4.78, 5) is 15.8. The minimum absolute atomic E-state index is 0.00616. The molecule has 4 aromatic rings. The number of rotatable bonds is 8. The molecule has 1 heterocycles. The Kier molecular flexibility index (Phi) is 6.56. The van der Waals surface area contributed by atoms with Crippen molar-refractivity contribution in [2.75, 3.05) is 11.9 Å². The van der Waals surface area contributed by atoms with Gasteiger partial charge >= 0.3 is 5.97 Å². The largest absolute Gasteiger partial charge is 0.493 e. The zero-order chi connectivity index (χ0) is 26.2. The molecule has 0 amide bonds. The second-order valence-corrected chi connectivity index (χ2v) is 11.4. The van der Waals surface area contributed by atoms with Crippen LogP contribution < -0.4 is 10.1 Å². The van der Waals surface area contributed by atoms with Crippen LogP contribution in [0.2, 0.25) is 5.02 Å². The fourth-order valence-electron chi connectivity index (χ4n) is 6.97. The minimum atomic E-state index is -0.990. The third-order valence-electron chi connectivity index (χ3n) is 8.92. The van der Waals surface area contributed by atoms with Gasteiger partial charge in [0.2, 0.25) is 0 Å². The van der Waals surface area contributed by atoms with Crippen LogP contribution in [0.3, 0.4) is 0 Å². The fourth-order valence-corrected chi connectivity index (χ4v) is 7.16. The Morgan fingerprint density at radius 3 is 2.66 bits per heavy atom. The second kappa shape index (κ2) is 10.0. The third kappa shape index (κ3) is 4.43. The summed E-state index contributed by atoms with van der Waals surface area (Å²) in [5.41, 5.74) is 3.70. The number of hydrogen-bond acceptors (Lipinski definition) is 3. The number of aliphatic carboxylic acids is 1. The monoisotopic (exact) mass is 528 g/mol. The highest BCUT2D eigenvalue weighted by molar-refractivity contribution is 6.30. The van der Waals surface area contributed by atoms with Gasteiger partial charge in [-0.15, -0.1) is 0 Å². The normalized spacial score (nSPS) is 24.4. The Morgan fingerprint density at radius 2 is 1.84 bits per heavy atom. The van der Waals surface area contributed by atoms with Crippen LogP contribution in [0.4, 0.5) is 5.69 Å². The Balaban J connectivity index is 1.18. The number of carbonyl (C=O) groups is 1. The van der Waals surface area contributed by atoms with E-state index in [9.17, 15) is 9.90 Å². The van der Waals surface area contributed by atoms with Gasteiger partial charge in [0, 0.05) is 27.8 Å². The fraction of sp³-hybridized carbons (Fsp3) is 0.344. The first-order valence-corrected chi connectivity index (χ1v) is 13.9. The summed E-state index contributed by atoms with van der Waals surface area (Å²) in [6.45, 7) is 0.669. The van der Waals surface area contributed by atoms with Crippen LogP contribution in [0.5, 0.6) is 5.75 Å². The first-order valence-electron chi connectivity index (χ1n) is 13.5. The van der Waals surface area contributed by atoms with E-state index in [1.807, 2.05) is 30.5 Å². The third-order valence-corrected chi connectivity index (χ3v) is 9.16. The Labute approximate surface area is 228 Å². The number of anilines is 1. The standard InChI is InChI=1S/C32H33ClN2O3/c33-24-8-3-9-25(21-24)35-32(30(36)37)16-14-31(15-17-32)23(20-22-6-1-2-10-27(22)31)7-5-19-38-29-12-4-11-28-26(29)13-18-34-28/h1-4,6,8-13,18,21,23,34-35H,5,7,14-17,19-20H2,(H,36,37). The number of nitrogens with one attached hydrogen (secondary N) is 2. The second-order valence-electron chi connectivity index (χ2n) is 10.9. The summed E-state index contributed by atoms with van der Waals surface area (Å²) >= 11 is 6.18. The van der Waals surface area contributed by atoms with Crippen molar-refractivity contribution in [3.8, 4) is 5.75 Å². The van der Waals surface area contributed by atoms with Crippen LogP contribution in [0, 0.1) is 5.92 Å².